The lowest BCUT2D eigenvalue weighted by Crippen LogP contribution is -2.53. The number of nitrogens with one attached hydrogen (secondary N) is 1. The smallest absolute Gasteiger partial charge is 0.347 e. The number of methoxy groups -OCH3 is 2. The molecule has 0 spiro atoms. The zero-order valence-electron chi connectivity index (χ0n) is 32.8. The number of phenolic OH excluding ortho intramolecular Hbond substituents is 1. The zero-order chi connectivity index (χ0) is 43.1. The monoisotopic (exact) mass is 867 g/mol. The molecule has 2 N–H and O–H groups in total. The fourth-order valence-electron chi connectivity index (χ4n) is 9.35. The van der Waals surface area contributed by atoms with Gasteiger partial charge in [0, 0.05) is 53.7 Å². The molecule has 6 aromatic rings. The minimum Gasteiger partial charge on any atom is -0.508 e. The molecule has 1 aliphatic carbocycles. The van der Waals surface area contributed by atoms with E-state index in [9.17, 15) is 28.7 Å². The maximum absolute atomic E-state index is 15.3. The van der Waals surface area contributed by atoms with Crippen LogP contribution in [0.2, 0.25) is 10.0 Å². The lowest BCUT2D eigenvalue weighted by molar-refractivity contribution is -0.138. The first-order valence-electron chi connectivity index (χ1n) is 19.2. The zero-order valence-corrected chi connectivity index (χ0v) is 34.3. The number of amides is 2. The number of rotatable bonds is 9. The van der Waals surface area contributed by atoms with Crippen molar-refractivity contribution in [2.75, 3.05) is 19.6 Å². The third kappa shape index (κ3) is 6.06. The van der Waals surface area contributed by atoms with Crippen molar-refractivity contribution in [3.63, 3.8) is 0 Å². The van der Waals surface area contributed by atoms with E-state index in [0.717, 1.165) is 9.58 Å². The molecule has 0 radical (unpaired) electrons. The summed E-state index contributed by atoms with van der Waals surface area (Å²) < 4.78 is 29.7. The Hall–Kier alpha value is -6.65. The SMILES string of the molecule is COc1cc2nc(CCn3c(=O)n4n(c3=O)C3CC5C(=O)N(Nc6ccc(F)cc6)C(=O)C5(c5ccc(Cl)cc5)C(c5cc(Cl)ccc5O)C3=CC4)c(=O)n(C)c2cc1OC. The standard InChI is InChI=1S/C43H36Cl2FN7O8/c1-49-33-21-36(61-3)35(60-2)20-31(33)47-30(39(49)56)15-16-50-41(58)51-17-14-27-32(53(51)42(50)59)19-29-38(55)52(48-26-11-9-25(46)10-12-26)40(57)43(29,22-4-6-23(44)7-5-22)37(27)28-18-24(45)8-13-34(28)54/h4-14,18,20-21,29,32,37,48,54H,15-17,19H2,1-3H3. The molecule has 1 saturated carbocycles. The van der Waals surface area contributed by atoms with Crippen molar-refractivity contribution in [1.82, 2.24) is 28.5 Å². The number of aromatic nitrogens is 5. The molecule has 2 fully saturated rings. The number of halogens is 3. The summed E-state index contributed by atoms with van der Waals surface area (Å²) in [5, 5.41) is 13.1. The molecular formula is C43H36Cl2FN7O8. The Labute approximate surface area is 355 Å². The van der Waals surface area contributed by atoms with Crippen LogP contribution in [-0.4, -0.2) is 59.6 Å². The van der Waals surface area contributed by atoms with Gasteiger partial charge in [0.2, 0.25) is 0 Å². The number of allylic oxidation sites excluding steroid dienone is 2. The van der Waals surface area contributed by atoms with Crippen LogP contribution in [0.25, 0.3) is 11.0 Å². The molecular weight excluding hydrogens is 832 g/mol. The summed E-state index contributed by atoms with van der Waals surface area (Å²) in [6.45, 7) is -0.319. The number of hydrazine groups is 1. The largest absolute Gasteiger partial charge is 0.508 e. The minimum atomic E-state index is -1.75. The normalized spacial score (nSPS) is 20.6. The molecule has 2 aliphatic heterocycles. The van der Waals surface area contributed by atoms with Gasteiger partial charge in [-0.15, -0.1) is 0 Å². The van der Waals surface area contributed by atoms with Crippen molar-refractivity contribution in [3.8, 4) is 17.2 Å². The molecule has 1 saturated heterocycles. The quantitative estimate of drug-likeness (QED) is 0.147. The molecule has 2 amide bonds. The van der Waals surface area contributed by atoms with Crippen LogP contribution >= 0.6 is 23.2 Å². The third-order valence-electron chi connectivity index (χ3n) is 12.1. The van der Waals surface area contributed by atoms with Gasteiger partial charge in [-0.2, -0.15) is 5.01 Å². The highest BCUT2D eigenvalue weighted by molar-refractivity contribution is 6.31. The predicted molar refractivity (Wildman–Crippen MR) is 223 cm³/mol. The van der Waals surface area contributed by atoms with E-state index in [1.165, 1.54) is 70.6 Å². The Morgan fingerprint density at radius 3 is 2.30 bits per heavy atom. The van der Waals surface area contributed by atoms with E-state index in [1.807, 2.05) is 0 Å². The number of aryl methyl sites for hydroxylation is 2. The van der Waals surface area contributed by atoms with E-state index in [-0.39, 0.29) is 53.6 Å². The summed E-state index contributed by atoms with van der Waals surface area (Å²) in [4.78, 5) is 77.0. The fourth-order valence-corrected chi connectivity index (χ4v) is 9.65. The summed E-state index contributed by atoms with van der Waals surface area (Å²) >= 11 is 12.9. The molecule has 4 unspecified atom stereocenters. The molecule has 18 heteroatoms. The van der Waals surface area contributed by atoms with E-state index < -0.39 is 57.9 Å². The number of anilines is 1. The Balaban J connectivity index is 1.17. The molecule has 4 atom stereocenters. The number of ether oxygens (including phenoxy) is 2. The molecule has 9 rings (SSSR count). The van der Waals surface area contributed by atoms with E-state index in [4.69, 9.17) is 32.7 Å². The molecule has 2 aromatic heterocycles. The second-order valence-electron chi connectivity index (χ2n) is 15.1. The van der Waals surface area contributed by atoms with Crippen LogP contribution < -0.4 is 31.8 Å². The van der Waals surface area contributed by atoms with Crippen LogP contribution in [0.1, 0.15) is 35.2 Å². The number of carbonyl (C=O) groups is 2. The fraction of sp³-hybridized carbons (Fsp3) is 0.256. The van der Waals surface area contributed by atoms with Crippen molar-refractivity contribution < 1.29 is 28.6 Å². The average molecular weight is 869 g/mol. The third-order valence-corrected chi connectivity index (χ3v) is 12.6. The van der Waals surface area contributed by atoms with Crippen LogP contribution in [0.5, 0.6) is 17.2 Å². The van der Waals surface area contributed by atoms with Gasteiger partial charge in [-0.25, -0.2) is 32.9 Å². The van der Waals surface area contributed by atoms with Gasteiger partial charge in [-0.1, -0.05) is 41.4 Å². The first kappa shape index (κ1) is 39.8. The lowest BCUT2D eigenvalue weighted by Gasteiger charge is -2.49. The van der Waals surface area contributed by atoms with Gasteiger partial charge in [-0.3, -0.25) is 19.8 Å². The van der Waals surface area contributed by atoms with Crippen molar-refractivity contribution in [2.24, 2.45) is 13.0 Å². The molecule has 0 bridgehead atoms. The number of imide groups is 1. The van der Waals surface area contributed by atoms with Gasteiger partial charge in [0.25, 0.3) is 17.4 Å². The first-order chi connectivity index (χ1) is 29.3. The molecule has 3 aliphatic rings. The molecule has 4 aromatic carbocycles. The number of carbonyl (C=O) groups excluding carboxylic acids is 2. The van der Waals surface area contributed by atoms with Crippen molar-refractivity contribution >= 4 is 51.7 Å². The first-order valence-corrected chi connectivity index (χ1v) is 19.9. The topological polar surface area (TPSA) is 172 Å². The number of hydrogen-bond acceptors (Lipinski definition) is 10. The highest BCUT2D eigenvalue weighted by atomic mass is 35.5. The highest BCUT2D eigenvalue weighted by Crippen LogP contribution is 2.63. The van der Waals surface area contributed by atoms with E-state index in [1.54, 1.807) is 49.5 Å². The van der Waals surface area contributed by atoms with Crippen LogP contribution in [0.3, 0.4) is 0 Å². The Morgan fingerprint density at radius 1 is 0.902 bits per heavy atom. The minimum absolute atomic E-state index is 0.0839. The highest BCUT2D eigenvalue weighted by Gasteiger charge is 2.69. The van der Waals surface area contributed by atoms with Crippen molar-refractivity contribution in [2.45, 2.75) is 43.3 Å². The number of fused-ring (bicyclic) bond motifs is 5. The Kier molecular flexibility index (Phi) is 9.66. The number of hydrogen-bond donors (Lipinski definition) is 2. The van der Waals surface area contributed by atoms with Crippen LogP contribution in [0, 0.1) is 11.7 Å². The van der Waals surface area contributed by atoms with Crippen LogP contribution in [0.4, 0.5) is 10.1 Å². The van der Waals surface area contributed by atoms with Gasteiger partial charge >= 0.3 is 11.4 Å². The number of nitrogens with zero attached hydrogens (tertiary/aromatic N) is 6. The predicted octanol–water partition coefficient (Wildman–Crippen LogP) is 5.09. The van der Waals surface area contributed by atoms with E-state index >= 15 is 4.79 Å². The van der Waals surface area contributed by atoms with E-state index in [0.29, 0.717) is 38.7 Å². The van der Waals surface area contributed by atoms with E-state index in [2.05, 4.69) is 10.4 Å². The lowest BCUT2D eigenvalue weighted by atomic mass is 9.53. The molecule has 15 nitrogen and oxygen atoms in total. The summed E-state index contributed by atoms with van der Waals surface area (Å²) in [5.74, 6) is -3.58. The van der Waals surface area contributed by atoms with Crippen LogP contribution in [0.15, 0.2) is 105 Å². The van der Waals surface area contributed by atoms with Gasteiger partial charge in [0.1, 0.15) is 17.3 Å². The number of benzene rings is 4. The summed E-state index contributed by atoms with van der Waals surface area (Å²) in [6, 6.07) is 18.3. The van der Waals surface area contributed by atoms with Crippen LogP contribution in [-0.2, 0) is 41.6 Å². The summed E-state index contributed by atoms with van der Waals surface area (Å²) in [6.07, 6.45) is 1.53. The van der Waals surface area contributed by atoms with Crippen molar-refractivity contribution in [1.29, 1.82) is 0 Å². The second kappa shape index (κ2) is 14.8. The molecule has 4 heterocycles. The number of aromatic hydroxyl groups is 1. The number of phenols is 1. The summed E-state index contributed by atoms with van der Waals surface area (Å²) in [7, 11) is 4.54. The van der Waals surface area contributed by atoms with Gasteiger partial charge in [0.05, 0.1) is 54.9 Å². The summed E-state index contributed by atoms with van der Waals surface area (Å²) in [5.41, 5.74) is 1.71. The molecule has 61 heavy (non-hydrogen) atoms. The molecule has 312 valence electrons. The maximum Gasteiger partial charge on any atom is 0.347 e. The van der Waals surface area contributed by atoms with Gasteiger partial charge in [0.15, 0.2) is 11.5 Å². The Bertz CT molecular complexity index is 3030. The second-order valence-corrected chi connectivity index (χ2v) is 16.0. The van der Waals surface area contributed by atoms with Crippen molar-refractivity contribution in [3.05, 3.63) is 155 Å². The van der Waals surface area contributed by atoms with Gasteiger partial charge in [-0.05, 0) is 72.2 Å². The average Bonchev–Trinajstić information content (AvgIpc) is 3.62. The Morgan fingerprint density at radius 2 is 1.59 bits per heavy atom. The maximum atomic E-state index is 15.3. The van der Waals surface area contributed by atoms with Gasteiger partial charge < -0.3 is 19.1 Å².